The van der Waals surface area contributed by atoms with Crippen molar-refractivity contribution in [3.05, 3.63) is 51.3 Å². The summed E-state index contributed by atoms with van der Waals surface area (Å²) in [5.74, 6) is 0.621. The minimum Gasteiger partial charge on any atom is -0.335 e. The normalized spacial score (nSPS) is 15.6. The summed E-state index contributed by atoms with van der Waals surface area (Å²) in [5.41, 5.74) is 3.78. The number of thiophene rings is 1. The van der Waals surface area contributed by atoms with Gasteiger partial charge in [0, 0.05) is 37.3 Å². The summed E-state index contributed by atoms with van der Waals surface area (Å²) in [5, 5.41) is 0.940. The van der Waals surface area contributed by atoms with Gasteiger partial charge in [0.05, 0.1) is 9.77 Å². The highest BCUT2D eigenvalue weighted by atomic mass is 32.2. The molecule has 7 nitrogen and oxygen atoms in total. The number of carbonyl (C=O) groups is 1. The van der Waals surface area contributed by atoms with Crippen molar-refractivity contribution in [3.8, 4) is 0 Å². The van der Waals surface area contributed by atoms with Gasteiger partial charge in [0.15, 0.2) is 0 Å². The fourth-order valence-electron chi connectivity index (χ4n) is 3.98. The van der Waals surface area contributed by atoms with Gasteiger partial charge in [0.2, 0.25) is 10.0 Å². The minimum atomic E-state index is -3.57. The number of hydrogen-bond acceptors (Lipinski definition) is 6. The maximum atomic E-state index is 13.2. The van der Waals surface area contributed by atoms with Crippen LogP contribution in [0.25, 0.3) is 10.2 Å². The van der Waals surface area contributed by atoms with Gasteiger partial charge < -0.3 is 4.90 Å². The molecule has 0 saturated carbocycles. The maximum absolute atomic E-state index is 13.2. The summed E-state index contributed by atoms with van der Waals surface area (Å²) in [6, 6.07) is 5.20. The van der Waals surface area contributed by atoms with Crippen LogP contribution in [0.2, 0.25) is 0 Å². The molecular weight excluding hydrogens is 432 g/mol. The minimum absolute atomic E-state index is 0.0687. The van der Waals surface area contributed by atoms with Gasteiger partial charge in [-0.15, -0.1) is 11.3 Å². The Bertz CT molecular complexity index is 1290. The van der Waals surface area contributed by atoms with E-state index in [0.29, 0.717) is 28.7 Å². The standard InChI is InChI=1S/C22H26N4O3S2/c1-13-6-7-18(12-14(13)2)31(28,29)26-10-8-25(9-11-26)22(27)20-15(3)19-16(4)23-17(5)24-21(19)30-20/h6-7,12H,8-11H2,1-5H3. The highest BCUT2D eigenvalue weighted by Gasteiger charge is 2.32. The van der Waals surface area contributed by atoms with E-state index in [-0.39, 0.29) is 19.0 Å². The summed E-state index contributed by atoms with van der Waals surface area (Å²) < 4.78 is 27.6. The molecule has 0 N–H and O–H groups in total. The Kier molecular flexibility index (Phi) is 5.61. The van der Waals surface area contributed by atoms with Crippen molar-refractivity contribution in [1.82, 2.24) is 19.2 Å². The van der Waals surface area contributed by atoms with E-state index in [9.17, 15) is 13.2 Å². The molecule has 3 aromatic rings. The topological polar surface area (TPSA) is 83.5 Å². The molecule has 0 unspecified atom stereocenters. The van der Waals surface area contributed by atoms with Crippen LogP contribution in [0.4, 0.5) is 0 Å². The van der Waals surface area contributed by atoms with Crippen LogP contribution < -0.4 is 0 Å². The van der Waals surface area contributed by atoms with E-state index in [1.54, 1.807) is 17.0 Å². The van der Waals surface area contributed by atoms with Crippen molar-refractivity contribution in [2.45, 2.75) is 39.5 Å². The molecule has 4 rings (SSSR count). The van der Waals surface area contributed by atoms with E-state index in [1.165, 1.54) is 15.6 Å². The predicted octanol–water partition coefficient (Wildman–Crippen LogP) is 3.38. The van der Waals surface area contributed by atoms with Crippen molar-refractivity contribution >= 4 is 37.5 Å². The van der Waals surface area contributed by atoms with Crippen LogP contribution in [-0.2, 0) is 10.0 Å². The Morgan fingerprint density at radius 2 is 1.65 bits per heavy atom. The number of rotatable bonds is 3. The number of aryl methyl sites for hydroxylation is 5. The second-order valence-electron chi connectivity index (χ2n) is 8.03. The molecule has 9 heteroatoms. The van der Waals surface area contributed by atoms with Crippen molar-refractivity contribution in [2.24, 2.45) is 0 Å². The first-order valence-corrected chi connectivity index (χ1v) is 12.5. The smallest absolute Gasteiger partial charge is 0.264 e. The fourth-order valence-corrected chi connectivity index (χ4v) is 6.73. The second-order valence-corrected chi connectivity index (χ2v) is 11.0. The molecule has 0 atom stereocenters. The molecule has 3 heterocycles. The molecule has 0 spiro atoms. The van der Waals surface area contributed by atoms with E-state index >= 15 is 0 Å². The molecule has 1 fully saturated rings. The number of amides is 1. The van der Waals surface area contributed by atoms with Crippen molar-refractivity contribution in [1.29, 1.82) is 0 Å². The highest BCUT2D eigenvalue weighted by Crippen LogP contribution is 2.32. The number of benzene rings is 1. The quantitative estimate of drug-likeness (QED) is 0.601. The first kappa shape index (κ1) is 21.9. The predicted molar refractivity (Wildman–Crippen MR) is 122 cm³/mol. The average molecular weight is 459 g/mol. The van der Waals surface area contributed by atoms with Crippen molar-refractivity contribution in [3.63, 3.8) is 0 Å². The molecule has 1 aliphatic rings. The largest absolute Gasteiger partial charge is 0.335 e. The van der Waals surface area contributed by atoms with Gasteiger partial charge >= 0.3 is 0 Å². The number of fused-ring (bicyclic) bond motifs is 1. The number of sulfonamides is 1. The zero-order valence-electron chi connectivity index (χ0n) is 18.4. The Labute approximate surface area is 186 Å². The molecule has 1 aliphatic heterocycles. The van der Waals surface area contributed by atoms with E-state index < -0.39 is 10.0 Å². The number of hydrogen-bond donors (Lipinski definition) is 0. The Morgan fingerprint density at radius 3 is 2.29 bits per heavy atom. The van der Waals surface area contributed by atoms with Gasteiger partial charge in [0.25, 0.3) is 5.91 Å². The number of carbonyl (C=O) groups excluding carboxylic acids is 1. The summed E-state index contributed by atoms with van der Waals surface area (Å²) in [7, 11) is -3.57. The third-order valence-electron chi connectivity index (χ3n) is 5.92. The second kappa shape index (κ2) is 7.96. The summed E-state index contributed by atoms with van der Waals surface area (Å²) in [4.78, 5) is 25.6. The first-order valence-electron chi connectivity index (χ1n) is 10.2. The Hall–Kier alpha value is -2.36. The van der Waals surface area contributed by atoms with Crippen LogP contribution in [-0.4, -0.2) is 59.7 Å². The van der Waals surface area contributed by atoms with Gasteiger partial charge in [-0.2, -0.15) is 4.31 Å². The zero-order valence-corrected chi connectivity index (χ0v) is 20.0. The monoisotopic (exact) mass is 458 g/mol. The van der Waals surface area contributed by atoms with E-state index in [1.807, 2.05) is 40.7 Å². The highest BCUT2D eigenvalue weighted by molar-refractivity contribution is 7.89. The Balaban J connectivity index is 1.53. The summed E-state index contributed by atoms with van der Waals surface area (Å²) in [6.07, 6.45) is 0. The molecule has 1 saturated heterocycles. The number of nitrogens with zero attached hydrogens (tertiary/aromatic N) is 4. The first-order chi connectivity index (χ1) is 14.6. The number of piperazine rings is 1. The van der Waals surface area contributed by atoms with Crippen LogP contribution in [0, 0.1) is 34.6 Å². The molecule has 31 heavy (non-hydrogen) atoms. The van der Waals surface area contributed by atoms with Crippen LogP contribution in [0.5, 0.6) is 0 Å². The van der Waals surface area contributed by atoms with Gasteiger partial charge in [0.1, 0.15) is 10.7 Å². The average Bonchev–Trinajstić information content (AvgIpc) is 3.05. The molecular formula is C22H26N4O3S2. The molecule has 1 aromatic carbocycles. The van der Waals surface area contributed by atoms with Gasteiger partial charge in [-0.05, 0) is 63.4 Å². The van der Waals surface area contributed by atoms with Crippen LogP contribution in [0.3, 0.4) is 0 Å². The Morgan fingerprint density at radius 1 is 0.968 bits per heavy atom. The summed E-state index contributed by atoms with van der Waals surface area (Å²) in [6.45, 7) is 10.9. The third-order valence-corrected chi connectivity index (χ3v) is 8.99. The number of aromatic nitrogens is 2. The van der Waals surface area contributed by atoms with Crippen LogP contribution >= 0.6 is 11.3 Å². The molecule has 0 bridgehead atoms. The third kappa shape index (κ3) is 3.86. The van der Waals surface area contributed by atoms with Crippen molar-refractivity contribution < 1.29 is 13.2 Å². The lowest BCUT2D eigenvalue weighted by Gasteiger charge is -2.34. The SMILES string of the molecule is Cc1nc(C)c2c(C)c(C(=O)N3CCN(S(=O)(=O)c4ccc(C)c(C)c4)CC3)sc2n1. The van der Waals surface area contributed by atoms with E-state index in [4.69, 9.17) is 0 Å². The van der Waals surface area contributed by atoms with E-state index in [0.717, 1.165) is 32.6 Å². The van der Waals surface area contributed by atoms with Crippen LogP contribution in [0.1, 0.15) is 37.9 Å². The van der Waals surface area contributed by atoms with Crippen molar-refractivity contribution in [2.75, 3.05) is 26.2 Å². The van der Waals surface area contributed by atoms with E-state index in [2.05, 4.69) is 9.97 Å². The van der Waals surface area contributed by atoms with Gasteiger partial charge in [-0.1, -0.05) is 6.07 Å². The lowest BCUT2D eigenvalue weighted by molar-refractivity contribution is 0.0702. The molecule has 2 aromatic heterocycles. The molecule has 0 aliphatic carbocycles. The molecule has 164 valence electrons. The lowest BCUT2D eigenvalue weighted by Crippen LogP contribution is -2.50. The van der Waals surface area contributed by atoms with Gasteiger partial charge in [-0.3, -0.25) is 4.79 Å². The maximum Gasteiger partial charge on any atom is 0.264 e. The molecule has 0 radical (unpaired) electrons. The molecule has 1 amide bonds. The lowest BCUT2D eigenvalue weighted by atomic mass is 10.1. The van der Waals surface area contributed by atoms with Gasteiger partial charge in [-0.25, -0.2) is 18.4 Å². The summed E-state index contributed by atoms with van der Waals surface area (Å²) >= 11 is 1.39. The zero-order chi connectivity index (χ0) is 22.5. The fraction of sp³-hybridized carbons (Fsp3) is 0.409. The van der Waals surface area contributed by atoms with Crippen LogP contribution in [0.15, 0.2) is 23.1 Å².